The van der Waals surface area contributed by atoms with E-state index in [9.17, 15) is 5.11 Å². The van der Waals surface area contributed by atoms with Crippen LogP contribution in [0.1, 0.15) is 25.3 Å². The van der Waals surface area contributed by atoms with Crippen molar-refractivity contribution in [1.29, 1.82) is 0 Å². The van der Waals surface area contributed by atoms with Gasteiger partial charge in [0.1, 0.15) is 5.75 Å². The van der Waals surface area contributed by atoms with Crippen molar-refractivity contribution in [3.8, 4) is 5.75 Å². The summed E-state index contributed by atoms with van der Waals surface area (Å²) in [5, 5.41) is 14.9. The van der Waals surface area contributed by atoms with Crippen LogP contribution in [0.25, 0.3) is 0 Å². The van der Waals surface area contributed by atoms with Gasteiger partial charge in [-0.2, -0.15) is 0 Å². The number of hydrazine groups is 1. The summed E-state index contributed by atoms with van der Waals surface area (Å²) in [6, 6.07) is 15.5. The van der Waals surface area contributed by atoms with Crippen molar-refractivity contribution in [3.05, 3.63) is 54.1 Å². The van der Waals surface area contributed by atoms with Gasteiger partial charge in [-0.25, -0.2) is 0 Å². The minimum absolute atomic E-state index is 0.231. The van der Waals surface area contributed by atoms with Crippen LogP contribution in [0.2, 0.25) is 0 Å². The van der Waals surface area contributed by atoms with Gasteiger partial charge in [-0.05, 0) is 35.7 Å². The van der Waals surface area contributed by atoms with Gasteiger partial charge in [0.2, 0.25) is 5.96 Å². The molecule has 0 amide bonds. The van der Waals surface area contributed by atoms with Gasteiger partial charge in [0.15, 0.2) is 0 Å². The standard InChI is InChI=1S/C18H22N4O/c1-13(2)14-6-8-15(9-7-14)22(21-18-19-10-11-20-18)16-4-3-5-17(23)12-16/h3-9,12-13,23H,10-11H2,1-2H3,(H2,19,20,21). The van der Waals surface area contributed by atoms with E-state index in [2.05, 4.69) is 53.8 Å². The molecule has 0 unspecified atom stereocenters. The maximum Gasteiger partial charge on any atom is 0.210 e. The van der Waals surface area contributed by atoms with Crippen molar-refractivity contribution < 1.29 is 5.11 Å². The molecule has 0 radical (unpaired) electrons. The first-order chi connectivity index (χ1) is 11.1. The number of hydrogen-bond donors (Lipinski definition) is 3. The third-order valence-corrected chi connectivity index (χ3v) is 3.80. The largest absolute Gasteiger partial charge is 0.508 e. The molecule has 3 N–H and O–H groups in total. The van der Waals surface area contributed by atoms with Crippen molar-refractivity contribution in [3.63, 3.8) is 0 Å². The highest BCUT2D eigenvalue weighted by molar-refractivity contribution is 5.85. The summed E-state index contributed by atoms with van der Waals surface area (Å²) >= 11 is 0. The first-order valence-corrected chi connectivity index (χ1v) is 7.87. The molecular formula is C18H22N4O. The van der Waals surface area contributed by atoms with Crippen LogP contribution in [0.5, 0.6) is 5.75 Å². The number of aliphatic imine (C=N–C) groups is 1. The molecule has 0 fully saturated rings. The Balaban J connectivity index is 1.93. The van der Waals surface area contributed by atoms with Crippen molar-refractivity contribution in [2.75, 3.05) is 18.1 Å². The van der Waals surface area contributed by atoms with Crippen LogP contribution in [0, 0.1) is 0 Å². The van der Waals surface area contributed by atoms with Gasteiger partial charge in [0, 0.05) is 12.6 Å². The topological polar surface area (TPSA) is 59.9 Å². The van der Waals surface area contributed by atoms with Gasteiger partial charge < -0.3 is 10.4 Å². The van der Waals surface area contributed by atoms with E-state index in [-0.39, 0.29) is 5.75 Å². The summed E-state index contributed by atoms with van der Waals surface area (Å²) < 4.78 is 0. The predicted octanol–water partition coefficient (Wildman–Crippen LogP) is 3.12. The lowest BCUT2D eigenvalue weighted by molar-refractivity contribution is 0.475. The smallest absolute Gasteiger partial charge is 0.210 e. The molecule has 120 valence electrons. The zero-order chi connectivity index (χ0) is 16.2. The molecule has 23 heavy (non-hydrogen) atoms. The Bertz CT molecular complexity index is 694. The first kappa shape index (κ1) is 15.2. The fourth-order valence-corrected chi connectivity index (χ4v) is 2.50. The SMILES string of the molecule is CC(C)c1ccc(N(NC2=NCCN2)c2cccc(O)c2)cc1. The summed E-state index contributed by atoms with van der Waals surface area (Å²) in [4.78, 5) is 4.38. The van der Waals surface area contributed by atoms with E-state index in [0.717, 1.165) is 30.4 Å². The molecule has 1 heterocycles. The third kappa shape index (κ3) is 3.56. The van der Waals surface area contributed by atoms with Gasteiger partial charge in [-0.3, -0.25) is 15.4 Å². The second kappa shape index (κ2) is 6.60. The quantitative estimate of drug-likeness (QED) is 0.759. The number of benzene rings is 2. The number of phenols is 1. The lowest BCUT2D eigenvalue weighted by Crippen LogP contribution is -2.44. The normalized spacial score (nSPS) is 13.6. The third-order valence-electron chi connectivity index (χ3n) is 3.80. The lowest BCUT2D eigenvalue weighted by atomic mass is 10.0. The Labute approximate surface area is 136 Å². The Hall–Kier alpha value is -2.69. The maximum absolute atomic E-state index is 9.79. The average Bonchev–Trinajstić information content (AvgIpc) is 3.06. The molecule has 2 aromatic carbocycles. The zero-order valence-electron chi connectivity index (χ0n) is 13.5. The van der Waals surface area contributed by atoms with Crippen LogP contribution < -0.4 is 15.8 Å². The summed E-state index contributed by atoms with van der Waals surface area (Å²) in [6.45, 7) is 5.96. The zero-order valence-corrected chi connectivity index (χ0v) is 13.5. The summed E-state index contributed by atoms with van der Waals surface area (Å²) in [6.07, 6.45) is 0. The highest BCUT2D eigenvalue weighted by Crippen LogP contribution is 2.27. The number of phenolic OH excluding ortho intramolecular Hbond substituents is 1. The Morgan fingerprint density at radius 3 is 2.52 bits per heavy atom. The summed E-state index contributed by atoms with van der Waals surface area (Å²) in [5.74, 6) is 1.46. The number of guanidine groups is 1. The van der Waals surface area contributed by atoms with E-state index in [1.807, 2.05) is 17.1 Å². The fraction of sp³-hybridized carbons (Fsp3) is 0.278. The number of aromatic hydroxyl groups is 1. The Morgan fingerprint density at radius 1 is 1.13 bits per heavy atom. The minimum atomic E-state index is 0.231. The number of anilines is 2. The fourth-order valence-electron chi connectivity index (χ4n) is 2.50. The van der Waals surface area contributed by atoms with E-state index in [1.165, 1.54) is 5.56 Å². The number of nitrogens with one attached hydrogen (secondary N) is 2. The van der Waals surface area contributed by atoms with Crippen LogP contribution in [0.4, 0.5) is 11.4 Å². The molecule has 1 aliphatic rings. The van der Waals surface area contributed by atoms with E-state index in [0.29, 0.717) is 5.92 Å². The molecule has 0 saturated heterocycles. The van der Waals surface area contributed by atoms with Gasteiger partial charge >= 0.3 is 0 Å². The van der Waals surface area contributed by atoms with Gasteiger partial charge in [-0.1, -0.05) is 32.0 Å². The first-order valence-electron chi connectivity index (χ1n) is 7.87. The molecule has 1 aliphatic heterocycles. The molecule has 0 bridgehead atoms. The number of hydrogen-bond acceptors (Lipinski definition) is 5. The van der Waals surface area contributed by atoms with Crippen LogP contribution >= 0.6 is 0 Å². The van der Waals surface area contributed by atoms with Crippen molar-refractivity contribution in [2.24, 2.45) is 4.99 Å². The summed E-state index contributed by atoms with van der Waals surface area (Å²) in [5.41, 5.74) is 6.41. The van der Waals surface area contributed by atoms with E-state index >= 15 is 0 Å². The van der Waals surface area contributed by atoms with E-state index in [1.54, 1.807) is 12.1 Å². The Morgan fingerprint density at radius 2 is 1.91 bits per heavy atom. The second-order valence-electron chi connectivity index (χ2n) is 5.87. The van der Waals surface area contributed by atoms with Crippen molar-refractivity contribution in [2.45, 2.75) is 19.8 Å². The predicted molar refractivity (Wildman–Crippen MR) is 94.2 cm³/mol. The number of nitrogens with zero attached hydrogens (tertiary/aromatic N) is 2. The molecule has 0 atom stereocenters. The second-order valence-corrected chi connectivity index (χ2v) is 5.87. The molecule has 3 rings (SSSR count). The van der Waals surface area contributed by atoms with Crippen LogP contribution in [0.3, 0.4) is 0 Å². The van der Waals surface area contributed by atoms with E-state index < -0.39 is 0 Å². The molecule has 2 aromatic rings. The molecule has 0 spiro atoms. The average molecular weight is 310 g/mol. The van der Waals surface area contributed by atoms with Crippen LogP contribution in [-0.2, 0) is 0 Å². The van der Waals surface area contributed by atoms with Gasteiger partial charge in [-0.15, -0.1) is 0 Å². The molecule has 5 heteroatoms. The molecule has 0 aliphatic carbocycles. The monoisotopic (exact) mass is 310 g/mol. The maximum atomic E-state index is 9.79. The van der Waals surface area contributed by atoms with E-state index in [4.69, 9.17) is 0 Å². The molecule has 0 saturated carbocycles. The van der Waals surface area contributed by atoms with Crippen LogP contribution in [0.15, 0.2) is 53.5 Å². The van der Waals surface area contributed by atoms with Gasteiger partial charge in [0.05, 0.1) is 17.9 Å². The van der Waals surface area contributed by atoms with Crippen molar-refractivity contribution in [1.82, 2.24) is 10.7 Å². The highest BCUT2D eigenvalue weighted by Gasteiger charge is 2.14. The van der Waals surface area contributed by atoms with Crippen molar-refractivity contribution >= 4 is 17.3 Å². The minimum Gasteiger partial charge on any atom is -0.508 e. The summed E-state index contributed by atoms with van der Waals surface area (Å²) in [7, 11) is 0. The van der Waals surface area contributed by atoms with Crippen LogP contribution in [-0.4, -0.2) is 24.2 Å². The molecular weight excluding hydrogens is 288 g/mol. The Kier molecular flexibility index (Phi) is 4.37. The lowest BCUT2D eigenvalue weighted by Gasteiger charge is -2.26. The highest BCUT2D eigenvalue weighted by atomic mass is 16.3. The molecule has 0 aromatic heterocycles. The number of rotatable bonds is 4. The van der Waals surface area contributed by atoms with Gasteiger partial charge in [0.25, 0.3) is 0 Å². The molecule has 5 nitrogen and oxygen atoms in total.